The minimum atomic E-state index is -1.22. The molecule has 1 heterocycles. The predicted octanol–water partition coefficient (Wildman–Crippen LogP) is -1.37. The first-order chi connectivity index (χ1) is 6.16. The van der Waals surface area contributed by atoms with E-state index in [4.69, 9.17) is 14.6 Å². The molecule has 3 N–H and O–H groups in total. The van der Waals surface area contributed by atoms with Gasteiger partial charge in [0, 0.05) is 0 Å². The molecule has 0 spiro atoms. The SMILES string of the molecule is C=CCOC1OC[C@@H](O)[C@@H](O)[C@@H]1O. The number of hydrogen-bond donors (Lipinski definition) is 3. The minimum Gasteiger partial charge on any atom is -0.388 e. The average Bonchev–Trinajstić information content (AvgIpc) is 2.13. The third-order valence-corrected chi connectivity index (χ3v) is 1.83. The molecule has 0 aromatic rings. The maximum absolute atomic E-state index is 9.34. The van der Waals surface area contributed by atoms with Crippen molar-refractivity contribution in [1.29, 1.82) is 0 Å². The molecule has 5 nitrogen and oxygen atoms in total. The fourth-order valence-electron chi connectivity index (χ4n) is 1.09. The Morgan fingerprint density at radius 3 is 2.69 bits per heavy atom. The fourth-order valence-corrected chi connectivity index (χ4v) is 1.09. The Hall–Kier alpha value is -0.460. The van der Waals surface area contributed by atoms with Crippen LogP contribution >= 0.6 is 0 Å². The monoisotopic (exact) mass is 190 g/mol. The molecule has 5 heteroatoms. The highest BCUT2D eigenvalue weighted by molar-refractivity contribution is 4.83. The molecule has 0 amide bonds. The van der Waals surface area contributed by atoms with Crippen LogP contribution in [0.1, 0.15) is 0 Å². The molecule has 1 aliphatic heterocycles. The Morgan fingerprint density at radius 2 is 2.08 bits per heavy atom. The molecule has 0 aromatic carbocycles. The lowest BCUT2D eigenvalue weighted by Crippen LogP contribution is -2.53. The van der Waals surface area contributed by atoms with E-state index in [1.165, 1.54) is 6.08 Å². The van der Waals surface area contributed by atoms with Gasteiger partial charge in [0.2, 0.25) is 0 Å². The van der Waals surface area contributed by atoms with Crippen LogP contribution in [0.3, 0.4) is 0 Å². The van der Waals surface area contributed by atoms with Gasteiger partial charge in [-0.15, -0.1) is 6.58 Å². The largest absolute Gasteiger partial charge is 0.388 e. The van der Waals surface area contributed by atoms with Crippen LogP contribution in [0.4, 0.5) is 0 Å². The Labute approximate surface area is 76.2 Å². The molecule has 1 aliphatic rings. The van der Waals surface area contributed by atoms with E-state index in [0.29, 0.717) is 0 Å². The van der Waals surface area contributed by atoms with Gasteiger partial charge in [-0.3, -0.25) is 0 Å². The third-order valence-electron chi connectivity index (χ3n) is 1.83. The minimum absolute atomic E-state index is 0.0416. The quantitative estimate of drug-likeness (QED) is 0.478. The van der Waals surface area contributed by atoms with Crippen molar-refractivity contribution in [3.63, 3.8) is 0 Å². The number of aliphatic hydroxyl groups excluding tert-OH is 3. The third kappa shape index (κ3) is 2.49. The molecule has 0 radical (unpaired) electrons. The maximum atomic E-state index is 9.34. The van der Waals surface area contributed by atoms with E-state index in [2.05, 4.69) is 6.58 Å². The zero-order chi connectivity index (χ0) is 9.84. The standard InChI is InChI=1S/C8H14O5/c1-2-3-12-8-7(11)6(10)5(9)4-13-8/h2,5-11H,1,3-4H2/t5-,6-,7+,8?/m1/s1. The summed E-state index contributed by atoms with van der Waals surface area (Å²) in [6.45, 7) is 3.62. The summed E-state index contributed by atoms with van der Waals surface area (Å²) in [6, 6.07) is 0. The van der Waals surface area contributed by atoms with Crippen molar-refractivity contribution < 1.29 is 24.8 Å². The van der Waals surface area contributed by atoms with E-state index in [9.17, 15) is 10.2 Å². The second kappa shape index (κ2) is 4.69. The molecule has 0 aromatic heterocycles. The summed E-state index contributed by atoms with van der Waals surface area (Å²) in [5, 5.41) is 27.7. The first-order valence-corrected chi connectivity index (χ1v) is 4.05. The molecule has 1 unspecified atom stereocenters. The van der Waals surface area contributed by atoms with Crippen molar-refractivity contribution in [1.82, 2.24) is 0 Å². The predicted molar refractivity (Wildman–Crippen MR) is 43.9 cm³/mol. The van der Waals surface area contributed by atoms with E-state index in [1.54, 1.807) is 0 Å². The summed E-state index contributed by atoms with van der Waals surface area (Å²) in [4.78, 5) is 0. The summed E-state index contributed by atoms with van der Waals surface area (Å²) >= 11 is 0. The van der Waals surface area contributed by atoms with Gasteiger partial charge < -0.3 is 24.8 Å². The van der Waals surface area contributed by atoms with Gasteiger partial charge in [-0.2, -0.15) is 0 Å². The highest BCUT2D eigenvalue weighted by Crippen LogP contribution is 2.16. The molecule has 1 fully saturated rings. The number of hydrogen-bond acceptors (Lipinski definition) is 5. The average molecular weight is 190 g/mol. The normalized spacial score (nSPS) is 40.2. The summed E-state index contributed by atoms with van der Waals surface area (Å²) < 4.78 is 9.95. The van der Waals surface area contributed by atoms with E-state index in [1.807, 2.05) is 0 Å². The molecule has 4 atom stereocenters. The Morgan fingerprint density at radius 1 is 1.38 bits per heavy atom. The second-order valence-corrected chi connectivity index (χ2v) is 2.87. The lowest BCUT2D eigenvalue weighted by Gasteiger charge is -2.34. The van der Waals surface area contributed by atoms with Gasteiger partial charge in [-0.25, -0.2) is 0 Å². The first kappa shape index (κ1) is 10.6. The molecule has 0 aliphatic carbocycles. The Bertz CT molecular complexity index is 172. The van der Waals surface area contributed by atoms with Crippen molar-refractivity contribution in [2.24, 2.45) is 0 Å². The van der Waals surface area contributed by atoms with Crippen LogP contribution in [0.25, 0.3) is 0 Å². The van der Waals surface area contributed by atoms with Crippen molar-refractivity contribution >= 4 is 0 Å². The van der Waals surface area contributed by atoms with Crippen molar-refractivity contribution in [3.8, 4) is 0 Å². The van der Waals surface area contributed by atoms with Crippen LogP contribution in [-0.4, -0.2) is 53.1 Å². The molecule has 0 saturated carbocycles. The van der Waals surface area contributed by atoms with E-state index in [-0.39, 0.29) is 13.2 Å². The molecule has 76 valence electrons. The van der Waals surface area contributed by atoms with Crippen LogP contribution in [0.15, 0.2) is 12.7 Å². The van der Waals surface area contributed by atoms with Crippen molar-refractivity contribution in [2.45, 2.75) is 24.6 Å². The zero-order valence-corrected chi connectivity index (χ0v) is 7.17. The van der Waals surface area contributed by atoms with Gasteiger partial charge in [0.25, 0.3) is 0 Å². The van der Waals surface area contributed by atoms with Crippen LogP contribution in [0.2, 0.25) is 0 Å². The summed E-state index contributed by atoms with van der Waals surface area (Å²) in [7, 11) is 0. The lowest BCUT2D eigenvalue weighted by atomic mass is 10.1. The van der Waals surface area contributed by atoms with E-state index < -0.39 is 24.6 Å². The highest BCUT2D eigenvalue weighted by Gasteiger charge is 2.37. The Kier molecular flexibility index (Phi) is 3.83. The zero-order valence-electron chi connectivity index (χ0n) is 7.17. The van der Waals surface area contributed by atoms with Gasteiger partial charge in [-0.05, 0) is 0 Å². The smallest absolute Gasteiger partial charge is 0.186 e. The van der Waals surface area contributed by atoms with Crippen LogP contribution in [-0.2, 0) is 9.47 Å². The van der Waals surface area contributed by atoms with Crippen LogP contribution in [0.5, 0.6) is 0 Å². The van der Waals surface area contributed by atoms with Crippen molar-refractivity contribution in [3.05, 3.63) is 12.7 Å². The van der Waals surface area contributed by atoms with Gasteiger partial charge >= 0.3 is 0 Å². The summed E-state index contributed by atoms with van der Waals surface area (Å²) in [5.74, 6) is 0. The fraction of sp³-hybridized carbons (Fsp3) is 0.750. The van der Waals surface area contributed by atoms with Gasteiger partial charge in [0.15, 0.2) is 6.29 Å². The maximum Gasteiger partial charge on any atom is 0.186 e. The summed E-state index contributed by atoms with van der Waals surface area (Å²) in [6.07, 6.45) is -2.88. The molecule has 1 saturated heterocycles. The molecular weight excluding hydrogens is 176 g/mol. The van der Waals surface area contributed by atoms with Gasteiger partial charge in [0.05, 0.1) is 13.2 Å². The molecule has 1 rings (SSSR count). The Balaban J connectivity index is 2.43. The molecule has 13 heavy (non-hydrogen) atoms. The molecule has 0 bridgehead atoms. The first-order valence-electron chi connectivity index (χ1n) is 4.05. The van der Waals surface area contributed by atoms with E-state index in [0.717, 1.165) is 0 Å². The number of aliphatic hydroxyl groups is 3. The lowest BCUT2D eigenvalue weighted by molar-refractivity contribution is -0.266. The highest BCUT2D eigenvalue weighted by atomic mass is 16.7. The van der Waals surface area contributed by atoms with Gasteiger partial charge in [-0.1, -0.05) is 6.08 Å². The number of rotatable bonds is 3. The second-order valence-electron chi connectivity index (χ2n) is 2.87. The topological polar surface area (TPSA) is 79.2 Å². The van der Waals surface area contributed by atoms with Crippen LogP contribution < -0.4 is 0 Å². The summed E-state index contributed by atoms with van der Waals surface area (Å²) in [5.41, 5.74) is 0. The van der Waals surface area contributed by atoms with Crippen LogP contribution in [0, 0.1) is 0 Å². The molecular formula is C8H14O5. The van der Waals surface area contributed by atoms with Gasteiger partial charge in [0.1, 0.15) is 18.3 Å². The number of ether oxygens (including phenoxy) is 2. The van der Waals surface area contributed by atoms with E-state index >= 15 is 0 Å². The van der Waals surface area contributed by atoms with Crippen molar-refractivity contribution in [2.75, 3.05) is 13.2 Å².